The Balaban J connectivity index is 0.00000220. The molecule has 2 fully saturated rings. The number of β-amino-alcohol motifs (C(OH)–C–C–N with tert-alkyl or cyclic N) is 1. The van der Waals surface area contributed by atoms with E-state index in [9.17, 15) is 5.11 Å². The van der Waals surface area contributed by atoms with Gasteiger partial charge in [-0.25, -0.2) is 0 Å². The van der Waals surface area contributed by atoms with Crippen LogP contribution >= 0.6 is 24.0 Å². The van der Waals surface area contributed by atoms with Gasteiger partial charge in [-0.05, 0) is 26.7 Å². The van der Waals surface area contributed by atoms with Gasteiger partial charge < -0.3 is 20.5 Å². The minimum atomic E-state index is -0.802. The second-order valence-electron chi connectivity index (χ2n) is 6.00. The van der Waals surface area contributed by atoms with Crippen LogP contribution in [-0.2, 0) is 4.74 Å². The minimum absolute atomic E-state index is 0. The molecular formula is C14H29IN4O2. The van der Waals surface area contributed by atoms with E-state index in [0.717, 1.165) is 38.8 Å². The van der Waals surface area contributed by atoms with Crippen LogP contribution in [0.25, 0.3) is 0 Å². The smallest absolute Gasteiger partial charge is 0.191 e. The Morgan fingerprint density at radius 2 is 2.05 bits per heavy atom. The van der Waals surface area contributed by atoms with Gasteiger partial charge in [-0.15, -0.1) is 24.0 Å². The van der Waals surface area contributed by atoms with E-state index < -0.39 is 5.60 Å². The maximum Gasteiger partial charge on any atom is 0.191 e. The van der Waals surface area contributed by atoms with Crippen molar-refractivity contribution in [3.63, 3.8) is 0 Å². The highest BCUT2D eigenvalue weighted by atomic mass is 127. The number of halogens is 1. The number of hydrogen-bond donors (Lipinski definition) is 3. The molecule has 0 aromatic heterocycles. The fourth-order valence-electron chi connectivity index (χ4n) is 2.28. The molecule has 0 aromatic rings. The molecule has 6 nitrogen and oxygen atoms in total. The topological polar surface area (TPSA) is 69.1 Å². The van der Waals surface area contributed by atoms with E-state index in [1.165, 1.54) is 12.8 Å². The maximum atomic E-state index is 10.5. The van der Waals surface area contributed by atoms with Crippen LogP contribution in [0.3, 0.4) is 0 Å². The van der Waals surface area contributed by atoms with E-state index in [1.54, 1.807) is 0 Å². The molecule has 1 aliphatic carbocycles. The largest absolute Gasteiger partial charge is 0.387 e. The zero-order chi connectivity index (χ0) is 14.4. The first-order chi connectivity index (χ1) is 9.59. The third-order valence-electron chi connectivity index (χ3n) is 3.51. The molecule has 0 radical (unpaired) electrons. The lowest BCUT2D eigenvalue weighted by atomic mass is 10.1. The first-order valence-corrected chi connectivity index (χ1v) is 7.66. The van der Waals surface area contributed by atoms with Crippen molar-refractivity contribution < 1.29 is 9.84 Å². The van der Waals surface area contributed by atoms with Crippen LogP contribution in [0.15, 0.2) is 4.99 Å². The average Bonchev–Trinajstić information content (AvgIpc) is 3.21. The molecule has 1 saturated carbocycles. The number of aliphatic imine (C=N–C) groups is 1. The molecule has 1 saturated heterocycles. The number of morpholine rings is 1. The first-order valence-electron chi connectivity index (χ1n) is 7.66. The fraction of sp³-hybridized carbons (Fsp3) is 0.929. The van der Waals surface area contributed by atoms with Gasteiger partial charge in [-0.2, -0.15) is 0 Å². The van der Waals surface area contributed by atoms with Gasteiger partial charge in [0.25, 0.3) is 0 Å². The number of aliphatic hydroxyl groups is 1. The number of nitrogens with one attached hydrogen (secondary N) is 2. The van der Waals surface area contributed by atoms with E-state index in [0.29, 0.717) is 19.1 Å². The Morgan fingerprint density at radius 3 is 2.62 bits per heavy atom. The summed E-state index contributed by atoms with van der Waals surface area (Å²) in [7, 11) is 0. The summed E-state index contributed by atoms with van der Waals surface area (Å²) in [6, 6.07) is 0.567. The van der Waals surface area contributed by atoms with Gasteiger partial charge in [-0.3, -0.25) is 9.89 Å². The van der Waals surface area contributed by atoms with Gasteiger partial charge in [0.05, 0.1) is 25.4 Å². The SMILES string of the molecule is CCNC(=NCC(C)(O)CN1CCOCC1)NC1CC1.I. The highest BCUT2D eigenvalue weighted by Gasteiger charge is 2.26. The zero-order valence-corrected chi connectivity index (χ0v) is 15.4. The van der Waals surface area contributed by atoms with Gasteiger partial charge in [0.1, 0.15) is 0 Å². The van der Waals surface area contributed by atoms with E-state index in [-0.39, 0.29) is 24.0 Å². The highest BCUT2D eigenvalue weighted by Crippen LogP contribution is 2.18. The van der Waals surface area contributed by atoms with Crippen molar-refractivity contribution in [2.24, 2.45) is 4.99 Å². The van der Waals surface area contributed by atoms with Crippen molar-refractivity contribution in [3.8, 4) is 0 Å². The van der Waals surface area contributed by atoms with Crippen LogP contribution in [0.2, 0.25) is 0 Å². The Kier molecular flexibility index (Phi) is 8.22. The molecule has 2 aliphatic rings. The van der Waals surface area contributed by atoms with Crippen LogP contribution in [0.4, 0.5) is 0 Å². The predicted octanol–water partition coefficient (Wildman–Crippen LogP) is 0.405. The van der Waals surface area contributed by atoms with Crippen molar-refractivity contribution >= 4 is 29.9 Å². The summed E-state index contributed by atoms with van der Waals surface area (Å²) in [5.41, 5.74) is -0.802. The monoisotopic (exact) mass is 412 g/mol. The molecule has 2 rings (SSSR count). The number of hydrogen-bond acceptors (Lipinski definition) is 4. The van der Waals surface area contributed by atoms with Crippen LogP contribution < -0.4 is 10.6 Å². The van der Waals surface area contributed by atoms with Crippen molar-refractivity contribution in [2.75, 3.05) is 45.9 Å². The summed E-state index contributed by atoms with van der Waals surface area (Å²) in [5, 5.41) is 17.1. The van der Waals surface area contributed by atoms with Crippen LogP contribution in [0.1, 0.15) is 26.7 Å². The molecule has 1 unspecified atom stereocenters. The molecule has 0 amide bonds. The third kappa shape index (κ3) is 7.62. The predicted molar refractivity (Wildman–Crippen MR) is 95.4 cm³/mol. The lowest BCUT2D eigenvalue weighted by Crippen LogP contribution is -2.48. The molecule has 124 valence electrons. The Morgan fingerprint density at radius 1 is 1.38 bits per heavy atom. The maximum absolute atomic E-state index is 10.5. The highest BCUT2D eigenvalue weighted by molar-refractivity contribution is 14.0. The molecular weight excluding hydrogens is 383 g/mol. The molecule has 3 N–H and O–H groups in total. The van der Waals surface area contributed by atoms with Crippen molar-refractivity contribution in [3.05, 3.63) is 0 Å². The molecule has 1 atom stereocenters. The number of ether oxygens (including phenoxy) is 1. The number of rotatable bonds is 6. The Hall–Kier alpha value is -0.120. The molecule has 1 aliphatic heterocycles. The summed E-state index contributed by atoms with van der Waals surface area (Å²) in [4.78, 5) is 6.75. The minimum Gasteiger partial charge on any atom is -0.387 e. The molecule has 0 spiro atoms. The van der Waals surface area contributed by atoms with E-state index >= 15 is 0 Å². The summed E-state index contributed by atoms with van der Waals surface area (Å²) >= 11 is 0. The van der Waals surface area contributed by atoms with Crippen molar-refractivity contribution in [1.29, 1.82) is 0 Å². The van der Waals surface area contributed by atoms with Crippen LogP contribution in [0, 0.1) is 0 Å². The van der Waals surface area contributed by atoms with Gasteiger partial charge in [-0.1, -0.05) is 0 Å². The quantitative estimate of drug-likeness (QED) is 0.335. The van der Waals surface area contributed by atoms with Gasteiger partial charge in [0.2, 0.25) is 0 Å². The molecule has 21 heavy (non-hydrogen) atoms. The lowest BCUT2D eigenvalue weighted by molar-refractivity contribution is -0.0180. The first kappa shape index (κ1) is 18.9. The van der Waals surface area contributed by atoms with Gasteiger partial charge in [0.15, 0.2) is 5.96 Å². The molecule has 1 heterocycles. The number of guanidine groups is 1. The number of nitrogens with zero attached hydrogens (tertiary/aromatic N) is 2. The van der Waals surface area contributed by atoms with E-state index in [2.05, 4.69) is 27.4 Å². The molecule has 0 bridgehead atoms. The Labute approximate surface area is 144 Å². The summed E-state index contributed by atoms with van der Waals surface area (Å²) in [6.07, 6.45) is 2.43. The third-order valence-corrected chi connectivity index (χ3v) is 3.51. The van der Waals surface area contributed by atoms with Gasteiger partial charge >= 0.3 is 0 Å². The molecule has 0 aromatic carbocycles. The van der Waals surface area contributed by atoms with Crippen molar-refractivity contribution in [2.45, 2.75) is 38.3 Å². The fourth-order valence-corrected chi connectivity index (χ4v) is 2.28. The second kappa shape index (κ2) is 9.12. The zero-order valence-electron chi connectivity index (χ0n) is 13.1. The average molecular weight is 412 g/mol. The molecule has 7 heteroatoms. The van der Waals surface area contributed by atoms with Crippen molar-refractivity contribution in [1.82, 2.24) is 15.5 Å². The standard InChI is InChI=1S/C14H28N4O2.HI/c1-3-15-13(17-12-4-5-12)16-10-14(2,19)11-18-6-8-20-9-7-18;/h12,19H,3-11H2,1-2H3,(H2,15,16,17);1H. The van der Waals surface area contributed by atoms with E-state index in [4.69, 9.17) is 4.74 Å². The normalized spacial score (nSPS) is 23.1. The van der Waals surface area contributed by atoms with Crippen LogP contribution in [-0.4, -0.2) is 73.5 Å². The Bertz CT molecular complexity index is 329. The second-order valence-corrected chi connectivity index (χ2v) is 6.00. The summed E-state index contributed by atoms with van der Waals surface area (Å²) < 4.78 is 5.32. The summed E-state index contributed by atoms with van der Waals surface area (Å²) in [5.74, 6) is 0.817. The van der Waals surface area contributed by atoms with Crippen LogP contribution in [0.5, 0.6) is 0 Å². The summed E-state index contributed by atoms with van der Waals surface area (Å²) in [6.45, 7) is 9.08. The van der Waals surface area contributed by atoms with E-state index in [1.807, 2.05) is 6.92 Å². The van der Waals surface area contributed by atoms with Gasteiger partial charge in [0, 0.05) is 32.2 Å². The lowest BCUT2D eigenvalue weighted by Gasteiger charge is -2.33.